The van der Waals surface area contributed by atoms with Gasteiger partial charge in [0, 0.05) is 11.0 Å². The number of hydrogen-bond donors (Lipinski definition) is 1. The first-order valence-electron chi connectivity index (χ1n) is 4.35. The molecule has 0 bridgehead atoms. The standard InChI is InChI=1S/C10H9ClF2O/c11-9-7(13)2-1-6(12)8(9)10(5-14)3-4-10/h1-2,14H,3-5H2. The summed E-state index contributed by atoms with van der Waals surface area (Å²) in [6.45, 7) is -0.187. The lowest BCUT2D eigenvalue weighted by molar-refractivity contribution is 0.252. The van der Waals surface area contributed by atoms with Crippen LogP contribution in [0.15, 0.2) is 12.1 Å². The summed E-state index contributed by atoms with van der Waals surface area (Å²) < 4.78 is 26.5. The molecule has 0 heterocycles. The predicted octanol–water partition coefficient (Wildman–Crippen LogP) is 2.64. The summed E-state index contributed by atoms with van der Waals surface area (Å²) in [6, 6.07) is 2.04. The highest BCUT2D eigenvalue weighted by Gasteiger charge is 2.47. The number of halogens is 3. The molecule has 0 atom stereocenters. The number of aliphatic hydroxyl groups is 1. The molecule has 14 heavy (non-hydrogen) atoms. The van der Waals surface area contributed by atoms with Gasteiger partial charge in [-0.3, -0.25) is 0 Å². The molecule has 0 spiro atoms. The zero-order valence-corrected chi connectivity index (χ0v) is 8.11. The highest BCUT2D eigenvalue weighted by Crippen LogP contribution is 2.51. The van der Waals surface area contributed by atoms with Crippen LogP contribution in [-0.2, 0) is 5.41 Å². The summed E-state index contributed by atoms with van der Waals surface area (Å²) in [7, 11) is 0. The zero-order chi connectivity index (χ0) is 10.3. The molecule has 1 fully saturated rings. The van der Waals surface area contributed by atoms with Gasteiger partial charge >= 0.3 is 0 Å². The molecule has 76 valence electrons. The Kier molecular flexibility index (Phi) is 2.24. The van der Waals surface area contributed by atoms with Gasteiger partial charge in [0.15, 0.2) is 0 Å². The van der Waals surface area contributed by atoms with Crippen molar-refractivity contribution in [2.75, 3.05) is 6.61 Å². The van der Waals surface area contributed by atoms with Gasteiger partial charge < -0.3 is 5.11 Å². The number of benzene rings is 1. The minimum atomic E-state index is -0.636. The SMILES string of the molecule is OCC1(c2c(F)ccc(F)c2Cl)CC1. The van der Waals surface area contributed by atoms with Crippen molar-refractivity contribution in [3.8, 4) is 0 Å². The van der Waals surface area contributed by atoms with E-state index in [0.29, 0.717) is 12.8 Å². The normalized spacial score (nSPS) is 18.3. The van der Waals surface area contributed by atoms with E-state index < -0.39 is 17.0 Å². The van der Waals surface area contributed by atoms with Gasteiger partial charge in [0.2, 0.25) is 0 Å². The first kappa shape index (κ1) is 9.87. The third kappa shape index (κ3) is 1.31. The van der Waals surface area contributed by atoms with E-state index in [1.165, 1.54) is 0 Å². The topological polar surface area (TPSA) is 20.2 Å². The van der Waals surface area contributed by atoms with Crippen LogP contribution in [0.25, 0.3) is 0 Å². The van der Waals surface area contributed by atoms with E-state index in [1.807, 2.05) is 0 Å². The lowest BCUT2D eigenvalue weighted by Gasteiger charge is -2.15. The van der Waals surface area contributed by atoms with E-state index in [2.05, 4.69) is 0 Å². The van der Waals surface area contributed by atoms with Crippen LogP contribution < -0.4 is 0 Å². The molecule has 1 nitrogen and oxygen atoms in total. The summed E-state index contributed by atoms with van der Waals surface area (Å²) >= 11 is 5.68. The molecule has 0 unspecified atom stereocenters. The van der Waals surface area contributed by atoms with Crippen molar-refractivity contribution in [2.24, 2.45) is 0 Å². The molecule has 0 aliphatic heterocycles. The van der Waals surface area contributed by atoms with Crippen molar-refractivity contribution >= 4 is 11.6 Å². The molecule has 0 aromatic heterocycles. The number of aliphatic hydroxyl groups excluding tert-OH is 1. The molecule has 0 saturated heterocycles. The van der Waals surface area contributed by atoms with Crippen LogP contribution in [-0.4, -0.2) is 11.7 Å². The fourth-order valence-electron chi connectivity index (χ4n) is 1.65. The van der Waals surface area contributed by atoms with Gasteiger partial charge in [-0.05, 0) is 25.0 Å². The van der Waals surface area contributed by atoms with Crippen LogP contribution in [0.2, 0.25) is 5.02 Å². The lowest BCUT2D eigenvalue weighted by atomic mass is 9.96. The van der Waals surface area contributed by atoms with E-state index >= 15 is 0 Å². The second-order valence-electron chi connectivity index (χ2n) is 3.66. The first-order valence-corrected chi connectivity index (χ1v) is 4.73. The van der Waals surface area contributed by atoms with Gasteiger partial charge in [-0.1, -0.05) is 11.6 Å². The Bertz CT molecular complexity index is 375. The minimum absolute atomic E-state index is 0.127. The van der Waals surface area contributed by atoms with E-state index in [4.69, 9.17) is 16.7 Å². The average Bonchev–Trinajstić information content (AvgIpc) is 2.93. The van der Waals surface area contributed by atoms with Crippen LogP contribution in [0, 0.1) is 11.6 Å². The fraction of sp³-hybridized carbons (Fsp3) is 0.400. The van der Waals surface area contributed by atoms with Crippen molar-refractivity contribution in [1.82, 2.24) is 0 Å². The molecule has 1 aliphatic carbocycles. The summed E-state index contributed by atoms with van der Waals surface area (Å²) in [5, 5.41) is 8.90. The Balaban J connectivity index is 2.57. The summed E-state index contributed by atoms with van der Waals surface area (Å²) in [5.74, 6) is -1.18. The number of hydrogen-bond acceptors (Lipinski definition) is 1. The van der Waals surface area contributed by atoms with Crippen molar-refractivity contribution in [2.45, 2.75) is 18.3 Å². The van der Waals surface area contributed by atoms with Crippen LogP contribution in [0.3, 0.4) is 0 Å². The Hall–Kier alpha value is -0.670. The average molecular weight is 219 g/mol. The maximum Gasteiger partial charge on any atom is 0.142 e. The van der Waals surface area contributed by atoms with Crippen LogP contribution >= 0.6 is 11.6 Å². The maximum absolute atomic E-state index is 13.4. The van der Waals surface area contributed by atoms with Crippen molar-refractivity contribution in [3.05, 3.63) is 34.4 Å². The Morgan fingerprint density at radius 1 is 1.29 bits per heavy atom. The zero-order valence-electron chi connectivity index (χ0n) is 7.36. The molecule has 0 radical (unpaired) electrons. The van der Waals surface area contributed by atoms with Crippen LogP contribution in [0.1, 0.15) is 18.4 Å². The van der Waals surface area contributed by atoms with Gasteiger partial charge in [-0.25, -0.2) is 8.78 Å². The van der Waals surface area contributed by atoms with Crippen molar-refractivity contribution in [3.63, 3.8) is 0 Å². The summed E-state index contributed by atoms with van der Waals surface area (Å²) in [4.78, 5) is 0. The monoisotopic (exact) mass is 218 g/mol. The Labute approximate surface area is 85.3 Å². The van der Waals surface area contributed by atoms with Gasteiger partial charge in [0.25, 0.3) is 0 Å². The second-order valence-corrected chi connectivity index (χ2v) is 4.03. The van der Waals surface area contributed by atoms with Crippen LogP contribution in [0.5, 0.6) is 0 Å². The Morgan fingerprint density at radius 2 is 1.86 bits per heavy atom. The predicted molar refractivity (Wildman–Crippen MR) is 49.4 cm³/mol. The van der Waals surface area contributed by atoms with Gasteiger partial charge in [-0.15, -0.1) is 0 Å². The second kappa shape index (κ2) is 3.17. The molecule has 2 rings (SSSR count). The van der Waals surface area contributed by atoms with Crippen molar-refractivity contribution in [1.29, 1.82) is 0 Å². The van der Waals surface area contributed by atoms with E-state index in [1.54, 1.807) is 0 Å². The largest absolute Gasteiger partial charge is 0.395 e. The molecular weight excluding hydrogens is 210 g/mol. The molecule has 0 amide bonds. The minimum Gasteiger partial charge on any atom is -0.395 e. The third-order valence-electron chi connectivity index (χ3n) is 2.73. The molecule has 1 saturated carbocycles. The highest BCUT2D eigenvalue weighted by molar-refractivity contribution is 6.31. The van der Waals surface area contributed by atoms with Gasteiger partial charge in [0.05, 0.1) is 11.6 Å². The molecule has 1 N–H and O–H groups in total. The lowest BCUT2D eigenvalue weighted by Crippen LogP contribution is -2.15. The quantitative estimate of drug-likeness (QED) is 0.757. The molecule has 1 aromatic carbocycles. The summed E-state index contributed by atoms with van der Waals surface area (Å²) in [6.07, 6.45) is 1.31. The third-order valence-corrected chi connectivity index (χ3v) is 3.10. The molecule has 1 aromatic rings. The smallest absolute Gasteiger partial charge is 0.142 e. The molecular formula is C10H9ClF2O. The van der Waals surface area contributed by atoms with Crippen molar-refractivity contribution < 1.29 is 13.9 Å². The van der Waals surface area contributed by atoms with E-state index in [9.17, 15) is 8.78 Å². The van der Waals surface area contributed by atoms with Gasteiger partial charge in [0.1, 0.15) is 11.6 Å². The van der Waals surface area contributed by atoms with Gasteiger partial charge in [-0.2, -0.15) is 0 Å². The maximum atomic E-state index is 13.4. The highest BCUT2D eigenvalue weighted by atomic mass is 35.5. The number of rotatable bonds is 2. The first-order chi connectivity index (χ1) is 6.60. The molecule has 4 heteroatoms. The molecule has 1 aliphatic rings. The Morgan fingerprint density at radius 3 is 2.36 bits per heavy atom. The summed E-state index contributed by atoms with van der Waals surface area (Å²) in [5.41, 5.74) is -0.509. The fourth-order valence-corrected chi connectivity index (χ4v) is 2.00. The van der Waals surface area contributed by atoms with E-state index in [-0.39, 0.29) is 17.2 Å². The van der Waals surface area contributed by atoms with Crippen LogP contribution in [0.4, 0.5) is 8.78 Å². The van der Waals surface area contributed by atoms with E-state index in [0.717, 1.165) is 12.1 Å².